The van der Waals surface area contributed by atoms with Gasteiger partial charge in [-0.2, -0.15) is 0 Å². The molecule has 1 unspecified atom stereocenters. The fourth-order valence-electron chi connectivity index (χ4n) is 6.17. The number of carbonyl (C=O) groups is 4. The molecular formula is C35H45N3O8. The average molecular weight is 636 g/mol. The van der Waals surface area contributed by atoms with E-state index in [1.54, 1.807) is 43.3 Å². The number of esters is 1. The molecule has 0 aliphatic carbocycles. The Bertz CT molecular complexity index is 1430. The van der Waals surface area contributed by atoms with Crippen molar-refractivity contribution >= 4 is 29.6 Å². The quantitative estimate of drug-likeness (QED) is 0.311. The van der Waals surface area contributed by atoms with Gasteiger partial charge in [-0.15, -0.1) is 0 Å². The van der Waals surface area contributed by atoms with E-state index in [9.17, 15) is 29.4 Å². The fourth-order valence-corrected chi connectivity index (χ4v) is 6.17. The Balaban J connectivity index is 1.68. The third-order valence-corrected chi connectivity index (χ3v) is 8.64. The van der Waals surface area contributed by atoms with Gasteiger partial charge in [0.05, 0.1) is 19.8 Å². The molecule has 0 bridgehead atoms. The van der Waals surface area contributed by atoms with Crippen molar-refractivity contribution < 1.29 is 38.9 Å². The average Bonchev–Trinajstić information content (AvgIpc) is 3.00. The summed E-state index contributed by atoms with van der Waals surface area (Å²) < 4.78 is 11.0. The number of piperidine rings is 1. The number of nitrogens with one attached hydrogen (secondary N) is 1. The normalized spacial score (nSPS) is 20.1. The molecule has 0 spiro atoms. The number of methoxy groups -OCH3 is 1. The maximum Gasteiger partial charge on any atom is 0.342 e. The Hall–Kier alpha value is -4.38. The number of benzene rings is 2. The van der Waals surface area contributed by atoms with Crippen molar-refractivity contribution in [2.24, 2.45) is 5.73 Å². The number of rotatable bonds is 8. The van der Waals surface area contributed by atoms with Gasteiger partial charge in [0.1, 0.15) is 28.6 Å². The number of likely N-dealkylation sites (tertiary alicyclic amines) is 1. The number of ketones is 1. The predicted octanol–water partition coefficient (Wildman–Crippen LogP) is 4.18. The van der Waals surface area contributed by atoms with E-state index in [1.807, 2.05) is 4.90 Å². The van der Waals surface area contributed by atoms with E-state index in [1.165, 1.54) is 13.2 Å². The number of nitrogens with zero attached hydrogens (tertiary/aromatic N) is 1. The van der Waals surface area contributed by atoms with Crippen LogP contribution < -0.4 is 15.8 Å². The van der Waals surface area contributed by atoms with Crippen molar-refractivity contribution in [1.29, 1.82) is 0 Å². The third-order valence-electron chi connectivity index (χ3n) is 8.64. The zero-order chi connectivity index (χ0) is 33.2. The van der Waals surface area contributed by atoms with Crippen LogP contribution in [0.2, 0.25) is 0 Å². The SMILES string of the molecule is COc1ccc(C(CC(=O)NC2CCN(CC(N)=O)CC2)c2c(O)cc3c(c2O)C(=O)O[C@@H](C)CCCC(=O)CCC/C=C/3)cc1. The Morgan fingerprint density at radius 1 is 1.09 bits per heavy atom. The first-order valence-electron chi connectivity index (χ1n) is 16.0. The second-order valence-corrected chi connectivity index (χ2v) is 12.2. The number of primary amides is 1. The van der Waals surface area contributed by atoms with E-state index in [2.05, 4.69) is 5.32 Å². The molecule has 0 saturated carbocycles. The highest BCUT2D eigenvalue weighted by atomic mass is 16.5. The summed E-state index contributed by atoms with van der Waals surface area (Å²) in [4.78, 5) is 52.4. The van der Waals surface area contributed by atoms with Gasteiger partial charge in [0.25, 0.3) is 0 Å². The zero-order valence-corrected chi connectivity index (χ0v) is 26.6. The van der Waals surface area contributed by atoms with Crippen LogP contribution in [-0.2, 0) is 19.1 Å². The lowest BCUT2D eigenvalue weighted by atomic mass is 9.84. The van der Waals surface area contributed by atoms with Crippen molar-refractivity contribution in [3.63, 3.8) is 0 Å². The second-order valence-electron chi connectivity index (χ2n) is 12.2. The van der Waals surface area contributed by atoms with E-state index in [0.29, 0.717) is 75.8 Å². The molecule has 2 amide bonds. The van der Waals surface area contributed by atoms with Crippen molar-refractivity contribution in [2.75, 3.05) is 26.7 Å². The third kappa shape index (κ3) is 9.32. The summed E-state index contributed by atoms with van der Waals surface area (Å²) in [6.45, 7) is 3.15. The number of carbonyl (C=O) groups excluding carboxylic acids is 4. The zero-order valence-electron chi connectivity index (χ0n) is 26.6. The van der Waals surface area contributed by atoms with Crippen molar-refractivity contribution in [1.82, 2.24) is 10.2 Å². The Morgan fingerprint density at radius 2 is 1.78 bits per heavy atom. The number of phenolic OH excluding ortho intramolecular Hbond substituents is 2. The molecular weight excluding hydrogens is 590 g/mol. The van der Waals surface area contributed by atoms with Crippen LogP contribution in [0.5, 0.6) is 17.2 Å². The van der Waals surface area contributed by atoms with Gasteiger partial charge in [-0.05, 0) is 74.8 Å². The lowest BCUT2D eigenvalue weighted by Gasteiger charge is -2.32. The summed E-state index contributed by atoms with van der Waals surface area (Å²) in [5, 5.41) is 26.2. The van der Waals surface area contributed by atoms with Crippen LogP contribution in [0.25, 0.3) is 6.08 Å². The van der Waals surface area contributed by atoms with Crippen LogP contribution in [0.15, 0.2) is 36.4 Å². The van der Waals surface area contributed by atoms with Crippen LogP contribution in [0.4, 0.5) is 0 Å². The fraction of sp³-hybridized carbons (Fsp3) is 0.486. The number of hydrogen-bond acceptors (Lipinski definition) is 9. The van der Waals surface area contributed by atoms with E-state index in [4.69, 9.17) is 15.2 Å². The van der Waals surface area contributed by atoms with Gasteiger partial charge in [-0.25, -0.2) is 4.79 Å². The highest BCUT2D eigenvalue weighted by molar-refractivity contribution is 5.98. The first kappa shape index (κ1) is 34.5. The molecule has 2 aliphatic heterocycles. The smallest absolute Gasteiger partial charge is 0.342 e. The molecule has 0 radical (unpaired) electrons. The van der Waals surface area contributed by atoms with E-state index in [0.717, 1.165) is 0 Å². The number of hydrogen-bond donors (Lipinski definition) is 4. The molecule has 1 fully saturated rings. The van der Waals surface area contributed by atoms with Crippen molar-refractivity contribution in [3.05, 3.63) is 58.7 Å². The molecule has 2 aliphatic rings. The standard InChI is InChI=1S/C35H45N3O8/c1-22-7-6-10-26(39)9-5-3-4-8-24-19-29(40)33(34(43)32(24)35(44)46-22)28(23-11-13-27(45-2)14-12-23)20-31(42)37-25-15-17-38(18-16-25)21-30(36)41/h4,8,11-14,19,22,25,28,40,43H,3,5-7,9-10,15-18,20-21H2,1-2H3,(H2,36,41)(H,37,42)/b8-4+/t22-,28?/m0/s1. The molecule has 5 N–H and O–H groups in total. The molecule has 2 aromatic rings. The molecule has 4 rings (SSSR count). The maximum absolute atomic E-state index is 13.6. The van der Waals surface area contributed by atoms with Crippen molar-refractivity contribution in [2.45, 2.75) is 82.8 Å². The molecule has 0 aromatic heterocycles. The molecule has 248 valence electrons. The predicted molar refractivity (Wildman–Crippen MR) is 173 cm³/mol. The number of fused-ring (bicyclic) bond motifs is 1. The molecule has 46 heavy (non-hydrogen) atoms. The molecule has 11 heteroatoms. The topological polar surface area (TPSA) is 168 Å². The van der Waals surface area contributed by atoms with E-state index in [-0.39, 0.29) is 53.1 Å². The van der Waals surface area contributed by atoms with Gasteiger partial charge in [-0.1, -0.05) is 24.3 Å². The first-order chi connectivity index (χ1) is 22.0. The number of ether oxygens (including phenoxy) is 2. The number of phenols is 2. The highest BCUT2D eigenvalue weighted by Gasteiger charge is 2.32. The molecule has 2 aromatic carbocycles. The maximum atomic E-state index is 13.6. The molecule has 2 heterocycles. The molecule has 1 saturated heterocycles. The Morgan fingerprint density at radius 3 is 2.46 bits per heavy atom. The minimum Gasteiger partial charge on any atom is -0.507 e. The number of nitrogens with two attached hydrogens (primary N) is 1. The number of cyclic esters (lactones) is 1. The minimum absolute atomic E-state index is 0.0417. The number of aromatic hydroxyl groups is 2. The van der Waals surface area contributed by atoms with Gasteiger partial charge >= 0.3 is 5.97 Å². The summed E-state index contributed by atoms with van der Waals surface area (Å²) >= 11 is 0. The molecule has 11 nitrogen and oxygen atoms in total. The Labute approximate surface area is 269 Å². The monoisotopic (exact) mass is 635 g/mol. The van der Waals surface area contributed by atoms with Gasteiger partial charge in [0.2, 0.25) is 11.8 Å². The van der Waals surface area contributed by atoms with Gasteiger partial charge in [0.15, 0.2) is 0 Å². The van der Waals surface area contributed by atoms with Crippen LogP contribution in [0.1, 0.15) is 97.7 Å². The van der Waals surface area contributed by atoms with Crippen LogP contribution >= 0.6 is 0 Å². The summed E-state index contributed by atoms with van der Waals surface area (Å²) in [5.74, 6) is -2.22. The summed E-state index contributed by atoms with van der Waals surface area (Å²) in [6.07, 6.45) is 7.29. The lowest BCUT2D eigenvalue weighted by Crippen LogP contribution is -2.46. The minimum atomic E-state index is -0.820. The van der Waals surface area contributed by atoms with Gasteiger partial charge < -0.3 is 30.7 Å². The summed E-state index contributed by atoms with van der Waals surface area (Å²) in [7, 11) is 1.54. The van der Waals surface area contributed by atoms with E-state index < -0.39 is 29.6 Å². The first-order valence-corrected chi connectivity index (χ1v) is 16.0. The lowest BCUT2D eigenvalue weighted by molar-refractivity contribution is -0.123. The van der Waals surface area contributed by atoms with Crippen LogP contribution in [0, 0.1) is 0 Å². The van der Waals surface area contributed by atoms with E-state index >= 15 is 0 Å². The van der Waals surface area contributed by atoms with Gasteiger partial charge in [0, 0.05) is 49.9 Å². The van der Waals surface area contributed by atoms with Crippen LogP contribution in [-0.4, -0.2) is 77.6 Å². The Kier molecular flexibility index (Phi) is 12.2. The van der Waals surface area contributed by atoms with Gasteiger partial charge in [-0.3, -0.25) is 19.3 Å². The highest BCUT2D eigenvalue weighted by Crippen LogP contribution is 2.44. The largest absolute Gasteiger partial charge is 0.507 e. The second kappa shape index (κ2) is 16.3. The number of Topliss-reactive ketones (excluding diaryl/α,β-unsaturated/α-hetero) is 1. The number of amides is 2. The summed E-state index contributed by atoms with van der Waals surface area (Å²) in [6, 6.07) is 8.26. The number of allylic oxidation sites excluding steroid dienone is 1. The van der Waals surface area contributed by atoms with Crippen LogP contribution in [0.3, 0.4) is 0 Å². The summed E-state index contributed by atoms with van der Waals surface area (Å²) in [5.41, 5.74) is 6.17. The molecule has 2 atom stereocenters. The van der Waals surface area contributed by atoms with Crippen molar-refractivity contribution in [3.8, 4) is 17.2 Å².